The highest BCUT2D eigenvalue weighted by Gasteiger charge is 2.29. The molecule has 0 amide bonds. The number of hydrogen-bond donors (Lipinski definition) is 2. The number of hydrogen-bond acceptors (Lipinski definition) is 1. The predicted molar refractivity (Wildman–Crippen MR) is 85.8 cm³/mol. The van der Waals surface area contributed by atoms with E-state index < -0.39 is 11.7 Å². The van der Waals surface area contributed by atoms with Crippen LogP contribution in [0, 0.1) is 0 Å². The molecule has 2 aromatic rings. The maximum absolute atomic E-state index is 12.5. The number of nitrogens with one attached hydrogen (secondary N) is 2. The van der Waals surface area contributed by atoms with E-state index in [-0.39, 0.29) is 0 Å². The average Bonchev–Trinajstić information content (AvgIpc) is 2.48. The molecule has 0 heterocycles. The van der Waals surface area contributed by atoms with Crippen LogP contribution in [0.2, 0.25) is 0 Å². The third-order valence-corrected chi connectivity index (χ3v) is 3.26. The molecule has 0 atom stereocenters. The maximum atomic E-state index is 12.5. The Morgan fingerprint density at radius 2 is 1.59 bits per heavy atom. The first-order valence-corrected chi connectivity index (χ1v) is 7.12. The highest BCUT2D eigenvalue weighted by atomic mass is 32.1. The van der Waals surface area contributed by atoms with E-state index in [2.05, 4.69) is 10.6 Å². The average molecular weight is 324 g/mol. The van der Waals surface area contributed by atoms with Crippen molar-refractivity contribution >= 4 is 23.0 Å². The molecule has 0 aromatic heterocycles. The minimum atomic E-state index is -4.33. The van der Waals surface area contributed by atoms with E-state index in [0.29, 0.717) is 17.3 Å². The number of benzene rings is 2. The second-order valence-electron chi connectivity index (χ2n) is 4.69. The lowest BCUT2D eigenvalue weighted by Gasteiger charge is -2.12. The lowest BCUT2D eigenvalue weighted by atomic mass is 10.1. The lowest BCUT2D eigenvalue weighted by Crippen LogP contribution is -2.30. The summed E-state index contributed by atoms with van der Waals surface area (Å²) in [6.07, 6.45) is -3.51. The van der Waals surface area contributed by atoms with Gasteiger partial charge in [0.25, 0.3) is 0 Å². The van der Waals surface area contributed by atoms with E-state index in [1.807, 2.05) is 30.3 Å². The van der Waals surface area contributed by atoms with Gasteiger partial charge in [-0.2, -0.15) is 13.2 Å². The molecule has 2 rings (SSSR count). The van der Waals surface area contributed by atoms with Gasteiger partial charge in [0.15, 0.2) is 5.11 Å². The molecule has 2 aromatic carbocycles. The third-order valence-electron chi connectivity index (χ3n) is 3.01. The van der Waals surface area contributed by atoms with Gasteiger partial charge in [-0.25, -0.2) is 0 Å². The largest absolute Gasteiger partial charge is 0.416 e. The van der Waals surface area contributed by atoms with Gasteiger partial charge < -0.3 is 10.6 Å². The summed E-state index contributed by atoms with van der Waals surface area (Å²) in [4.78, 5) is 0. The van der Waals surface area contributed by atoms with E-state index in [1.165, 1.54) is 17.7 Å². The van der Waals surface area contributed by atoms with Crippen LogP contribution in [0.4, 0.5) is 18.9 Å². The van der Waals surface area contributed by atoms with Gasteiger partial charge in [0, 0.05) is 12.2 Å². The summed E-state index contributed by atoms with van der Waals surface area (Å²) in [6, 6.07) is 14.7. The molecule has 0 bridgehead atoms. The molecule has 0 saturated carbocycles. The number of anilines is 1. The van der Waals surface area contributed by atoms with E-state index >= 15 is 0 Å². The molecule has 0 unspecified atom stereocenters. The number of alkyl halides is 3. The van der Waals surface area contributed by atoms with Crippen LogP contribution in [0.25, 0.3) is 0 Å². The van der Waals surface area contributed by atoms with Crippen LogP contribution in [-0.4, -0.2) is 11.7 Å². The number of thiocarbonyl (C=S) groups is 1. The zero-order valence-corrected chi connectivity index (χ0v) is 12.5. The fourth-order valence-corrected chi connectivity index (χ4v) is 2.10. The molecule has 2 nitrogen and oxygen atoms in total. The summed E-state index contributed by atoms with van der Waals surface area (Å²) in [5.74, 6) is 0. The Morgan fingerprint density at radius 1 is 0.955 bits per heavy atom. The fourth-order valence-electron chi connectivity index (χ4n) is 1.88. The molecular weight excluding hydrogens is 309 g/mol. The smallest absolute Gasteiger partial charge is 0.362 e. The van der Waals surface area contributed by atoms with Gasteiger partial charge in [0.05, 0.1) is 5.56 Å². The van der Waals surface area contributed by atoms with Crippen LogP contribution in [0.3, 0.4) is 0 Å². The van der Waals surface area contributed by atoms with Crippen LogP contribution in [-0.2, 0) is 12.6 Å². The highest BCUT2D eigenvalue weighted by Crippen LogP contribution is 2.29. The molecule has 0 aliphatic heterocycles. The van der Waals surface area contributed by atoms with Gasteiger partial charge in [0.1, 0.15) is 0 Å². The number of halogens is 3. The molecular formula is C16H15F3N2S. The van der Waals surface area contributed by atoms with Crippen molar-refractivity contribution in [2.75, 3.05) is 11.9 Å². The molecule has 116 valence electrons. The summed E-state index contributed by atoms with van der Waals surface area (Å²) >= 11 is 5.11. The monoisotopic (exact) mass is 324 g/mol. The molecule has 0 spiro atoms. The molecule has 0 saturated heterocycles. The first-order valence-electron chi connectivity index (χ1n) is 6.71. The Kier molecular flexibility index (Phi) is 5.38. The van der Waals surface area contributed by atoms with Crippen molar-refractivity contribution < 1.29 is 13.2 Å². The first-order chi connectivity index (χ1) is 10.4. The molecule has 22 heavy (non-hydrogen) atoms. The van der Waals surface area contributed by atoms with Crippen LogP contribution in [0.5, 0.6) is 0 Å². The van der Waals surface area contributed by atoms with Crippen LogP contribution >= 0.6 is 12.2 Å². The van der Waals surface area contributed by atoms with Crippen molar-refractivity contribution in [1.29, 1.82) is 0 Å². The lowest BCUT2D eigenvalue weighted by molar-refractivity contribution is -0.137. The standard InChI is InChI=1S/C16H15F3N2S/c17-16(18,19)13-6-8-14(9-7-13)21-15(22)20-11-10-12-4-2-1-3-5-12/h1-9H,10-11H2,(H2,20,21,22). The quantitative estimate of drug-likeness (QED) is 0.823. The van der Waals surface area contributed by atoms with Crippen molar-refractivity contribution in [1.82, 2.24) is 5.32 Å². The molecule has 0 aliphatic rings. The Balaban J connectivity index is 1.79. The summed E-state index contributed by atoms with van der Waals surface area (Å²) in [7, 11) is 0. The van der Waals surface area contributed by atoms with Crippen LogP contribution in [0.15, 0.2) is 54.6 Å². The van der Waals surface area contributed by atoms with Gasteiger partial charge in [-0.05, 0) is 48.5 Å². The topological polar surface area (TPSA) is 24.1 Å². The van der Waals surface area contributed by atoms with Gasteiger partial charge in [0.2, 0.25) is 0 Å². The van der Waals surface area contributed by atoms with E-state index in [0.717, 1.165) is 18.6 Å². The summed E-state index contributed by atoms with van der Waals surface area (Å²) < 4.78 is 37.4. The van der Waals surface area contributed by atoms with Gasteiger partial charge in [-0.15, -0.1) is 0 Å². The second-order valence-corrected chi connectivity index (χ2v) is 5.10. The number of rotatable bonds is 4. The van der Waals surface area contributed by atoms with Crippen molar-refractivity contribution in [2.45, 2.75) is 12.6 Å². The van der Waals surface area contributed by atoms with Crippen molar-refractivity contribution in [3.8, 4) is 0 Å². The second kappa shape index (κ2) is 7.26. The molecule has 0 radical (unpaired) electrons. The van der Waals surface area contributed by atoms with Crippen molar-refractivity contribution in [3.05, 3.63) is 65.7 Å². The third kappa shape index (κ3) is 5.04. The summed E-state index contributed by atoms with van der Waals surface area (Å²) in [5, 5.41) is 6.27. The highest BCUT2D eigenvalue weighted by molar-refractivity contribution is 7.80. The van der Waals surface area contributed by atoms with Crippen LogP contribution in [0.1, 0.15) is 11.1 Å². The summed E-state index contributed by atoms with van der Waals surface area (Å²) in [6.45, 7) is 0.649. The van der Waals surface area contributed by atoms with Gasteiger partial charge in [-0.1, -0.05) is 30.3 Å². The zero-order chi connectivity index (χ0) is 16.0. The minimum Gasteiger partial charge on any atom is -0.362 e. The molecule has 0 aliphatic carbocycles. The van der Waals surface area contributed by atoms with Gasteiger partial charge in [-0.3, -0.25) is 0 Å². The van der Waals surface area contributed by atoms with E-state index in [1.54, 1.807) is 0 Å². The predicted octanol–water partition coefficient (Wildman–Crippen LogP) is 4.23. The SMILES string of the molecule is FC(F)(F)c1ccc(NC(=S)NCCc2ccccc2)cc1. The van der Waals surface area contributed by atoms with E-state index in [9.17, 15) is 13.2 Å². The Hall–Kier alpha value is -2.08. The Labute approximate surface area is 132 Å². The van der Waals surface area contributed by atoms with Crippen molar-refractivity contribution in [2.24, 2.45) is 0 Å². The zero-order valence-electron chi connectivity index (χ0n) is 11.7. The molecule has 6 heteroatoms. The van der Waals surface area contributed by atoms with Crippen LogP contribution < -0.4 is 10.6 Å². The van der Waals surface area contributed by atoms with Gasteiger partial charge >= 0.3 is 6.18 Å². The molecule has 2 N–H and O–H groups in total. The Morgan fingerprint density at radius 3 is 2.18 bits per heavy atom. The Bertz CT molecular complexity index is 610. The van der Waals surface area contributed by atoms with Crippen molar-refractivity contribution in [3.63, 3.8) is 0 Å². The normalized spacial score (nSPS) is 11.0. The molecule has 0 fully saturated rings. The maximum Gasteiger partial charge on any atom is 0.416 e. The van der Waals surface area contributed by atoms with E-state index in [4.69, 9.17) is 12.2 Å². The summed E-state index contributed by atoms with van der Waals surface area (Å²) in [5.41, 5.74) is 1.03. The first kappa shape index (κ1) is 16.3. The minimum absolute atomic E-state index is 0.385. The fraction of sp³-hybridized carbons (Fsp3) is 0.188.